The van der Waals surface area contributed by atoms with E-state index in [2.05, 4.69) is 9.97 Å². The quantitative estimate of drug-likeness (QED) is 0.572. The van der Waals surface area contributed by atoms with Gasteiger partial charge in [0.05, 0.1) is 5.01 Å². The van der Waals surface area contributed by atoms with Crippen LogP contribution in [0.2, 0.25) is 0 Å². The largest absolute Gasteiger partial charge is 0.506 e. The Labute approximate surface area is 152 Å². The minimum Gasteiger partial charge on any atom is -0.506 e. The molecule has 2 heterocycles. The van der Waals surface area contributed by atoms with Gasteiger partial charge in [-0.05, 0) is 32.4 Å². The van der Waals surface area contributed by atoms with Crippen molar-refractivity contribution in [3.05, 3.63) is 45.9 Å². The maximum atomic E-state index is 12.9. The summed E-state index contributed by atoms with van der Waals surface area (Å²) < 4.78 is 40.7. The summed E-state index contributed by atoms with van der Waals surface area (Å²) in [6.07, 6.45) is 2.90. The smallest absolute Gasteiger partial charge is 0.434 e. The second kappa shape index (κ2) is 7.86. The molecule has 0 fully saturated rings. The average molecular weight is 385 g/mol. The van der Waals surface area contributed by atoms with Crippen LogP contribution in [0.1, 0.15) is 47.7 Å². The summed E-state index contributed by atoms with van der Waals surface area (Å²) in [4.78, 5) is 19.0. The van der Waals surface area contributed by atoms with E-state index in [0.29, 0.717) is 17.2 Å². The van der Waals surface area contributed by atoms with Crippen LogP contribution in [-0.2, 0) is 11.0 Å². The van der Waals surface area contributed by atoms with Gasteiger partial charge in [-0.3, -0.25) is 4.79 Å². The lowest BCUT2D eigenvalue weighted by Gasteiger charge is -2.11. The molecule has 2 aromatic heterocycles. The Bertz CT molecular complexity index is 850. The maximum Gasteiger partial charge on any atom is 0.434 e. The molecule has 140 valence electrons. The topological polar surface area (TPSA) is 68.0 Å². The maximum absolute atomic E-state index is 12.9. The number of hydrogen-bond acceptors (Lipinski definition) is 5. The molecule has 1 atom stereocenters. The lowest BCUT2D eigenvalue weighted by molar-refractivity contribution is -0.141. The lowest BCUT2D eigenvalue weighted by Crippen LogP contribution is -2.08. The van der Waals surface area contributed by atoms with Crippen LogP contribution in [0.25, 0.3) is 11.8 Å². The molecule has 0 spiro atoms. The third kappa shape index (κ3) is 4.60. The lowest BCUT2D eigenvalue weighted by atomic mass is 10.2. The molecule has 0 saturated heterocycles. The molecule has 0 saturated carbocycles. The van der Waals surface area contributed by atoms with Crippen molar-refractivity contribution >= 4 is 29.0 Å². The molecule has 0 amide bonds. The Morgan fingerprint density at radius 2 is 2.15 bits per heavy atom. The number of carbonyl (C=O) groups is 1. The number of aliphatic hydroxyl groups is 1. The van der Waals surface area contributed by atoms with Gasteiger partial charge < -0.3 is 9.67 Å². The van der Waals surface area contributed by atoms with E-state index in [-0.39, 0.29) is 11.0 Å². The number of hydrogen-bond donors (Lipinski definition) is 1. The number of allylic oxidation sites excluding steroid dienone is 2. The first-order valence-corrected chi connectivity index (χ1v) is 8.65. The first-order chi connectivity index (χ1) is 12.1. The van der Waals surface area contributed by atoms with Crippen LogP contribution in [0.5, 0.6) is 0 Å². The number of halogens is 3. The molecular formula is C17H18F3N3O2S. The Kier molecular flexibility index (Phi) is 6.01. The van der Waals surface area contributed by atoms with Gasteiger partial charge in [-0.15, -0.1) is 11.3 Å². The Balaban J connectivity index is 2.23. The first kappa shape index (κ1) is 19.9. The van der Waals surface area contributed by atoms with Crippen molar-refractivity contribution in [1.82, 2.24) is 14.5 Å². The SMILES string of the molecule is CCC(C)n1ccnc1/C=C/C(=O)/C=C(\O)c1sc(C)nc1C(F)(F)F. The van der Waals surface area contributed by atoms with E-state index < -0.39 is 28.3 Å². The molecule has 0 aromatic carbocycles. The fraction of sp³-hybridized carbons (Fsp3) is 0.353. The minimum absolute atomic E-state index is 0.144. The number of aryl methyl sites for hydroxylation is 1. The number of carbonyl (C=O) groups excluding carboxylic acids is 1. The van der Waals surface area contributed by atoms with E-state index in [1.165, 1.54) is 13.0 Å². The zero-order valence-electron chi connectivity index (χ0n) is 14.4. The Morgan fingerprint density at radius 1 is 1.46 bits per heavy atom. The number of thiazole rings is 1. The summed E-state index contributed by atoms with van der Waals surface area (Å²) in [5.41, 5.74) is -1.20. The average Bonchev–Trinajstić information content (AvgIpc) is 3.18. The molecule has 0 radical (unpaired) electrons. The zero-order chi connectivity index (χ0) is 19.5. The van der Waals surface area contributed by atoms with Crippen LogP contribution in [-0.4, -0.2) is 25.4 Å². The Hall–Kier alpha value is -2.42. The zero-order valence-corrected chi connectivity index (χ0v) is 15.2. The number of rotatable bonds is 6. The summed E-state index contributed by atoms with van der Waals surface area (Å²) in [6, 6.07) is 0.186. The number of alkyl halides is 3. The van der Waals surface area contributed by atoms with Crippen molar-refractivity contribution in [2.24, 2.45) is 0 Å². The molecule has 0 aliphatic rings. The number of nitrogens with zero attached hydrogens (tertiary/aromatic N) is 3. The van der Waals surface area contributed by atoms with E-state index in [9.17, 15) is 23.1 Å². The summed E-state index contributed by atoms with van der Waals surface area (Å²) in [5, 5.41) is 10.1. The van der Waals surface area contributed by atoms with Gasteiger partial charge in [0.15, 0.2) is 11.5 Å². The summed E-state index contributed by atoms with van der Waals surface area (Å²) in [5.74, 6) is -0.867. The van der Waals surface area contributed by atoms with Crippen LogP contribution < -0.4 is 0 Å². The number of aromatic nitrogens is 3. The fourth-order valence-corrected chi connectivity index (χ4v) is 3.07. The standard InChI is InChI=1S/C17H18F3N3O2S/c1-4-10(2)23-8-7-21-14(23)6-5-12(24)9-13(25)15-16(17(18,19)20)22-11(3)26-15/h5-10,25H,4H2,1-3H3/b6-5+,13-9-. The van der Waals surface area contributed by atoms with Crippen LogP contribution in [0.3, 0.4) is 0 Å². The van der Waals surface area contributed by atoms with Crippen molar-refractivity contribution in [2.45, 2.75) is 39.4 Å². The second-order valence-corrected chi connectivity index (χ2v) is 6.83. The molecule has 2 aromatic rings. The van der Waals surface area contributed by atoms with E-state index in [0.717, 1.165) is 18.6 Å². The van der Waals surface area contributed by atoms with Crippen molar-refractivity contribution in [3.63, 3.8) is 0 Å². The molecule has 9 heteroatoms. The van der Waals surface area contributed by atoms with Crippen LogP contribution in [0, 0.1) is 6.92 Å². The van der Waals surface area contributed by atoms with Crippen LogP contribution in [0.15, 0.2) is 24.5 Å². The molecule has 0 aliphatic carbocycles. The Morgan fingerprint density at radius 3 is 2.77 bits per heavy atom. The predicted octanol–water partition coefficient (Wildman–Crippen LogP) is 4.82. The summed E-state index contributed by atoms with van der Waals surface area (Å²) in [7, 11) is 0. The van der Waals surface area contributed by atoms with Gasteiger partial charge >= 0.3 is 6.18 Å². The van der Waals surface area contributed by atoms with Gasteiger partial charge in [0, 0.05) is 24.5 Å². The van der Waals surface area contributed by atoms with Gasteiger partial charge in [-0.2, -0.15) is 13.2 Å². The minimum atomic E-state index is -4.71. The van der Waals surface area contributed by atoms with Crippen molar-refractivity contribution in [1.29, 1.82) is 0 Å². The van der Waals surface area contributed by atoms with Crippen LogP contribution in [0.4, 0.5) is 13.2 Å². The predicted molar refractivity (Wildman–Crippen MR) is 93.7 cm³/mol. The highest BCUT2D eigenvalue weighted by Gasteiger charge is 2.38. The van der Waals surface area contributed by atoms with Gasteiger partial charge in [0.25, 0.3) is 0 Å². The molecule has 0 bridgehead atoms. The highest BCUT2D eigenvalue weighted by molar-refractivity contribution is 7.12. The molecule has 1 N–H and O–H groups in total. The normalized spacial score (nSPS) is 14.2. The molecule has 0 aliphatic heterocycles. The summed E-state index contributed by atoms with van der Waals surface area (Å²) >= 11 is 0.674. The van der Waals surface area contributed by atoms with E-state index in [1.807, 2.05) is 18.4 Å². The number of imidazole rings is 1. The van der Waals surface area contributed by atoms with E-state index in [4.69, 9.17) is 0 Å². The van der Waals surface area contributed by atoms with Crippen molar-refractivity contribution < 1.29 is 23.1 Å². The fourth-order valence-electron chi connectivity index (χ4n) is 2.22. The molecular weight excluding hydrogens is 367 g/mol. The second-order valence-electron chi connectivity index (χ2n) is 5.62. The number of ketones is 1. The van der Waals surface area contributed by atoms with E-state index >= 15 is 0 Å². The first-order valence-electron chi connectivity index (χ1n) is 7.84. The van der Waals surface area contributed by atoms with Gasteiger partial charge in [-0.1, -0.05) is 6.92 Å². The summed E-state index contributed by atoms with van der Waals surface area (Å²) in [6.45, 7) is 5.41. The molecule has 1 unspecified atom stereocenters. The van der Waals surface area contributed by atoms with Gasteiger partial charge in [-0.25, -0.2) is 9.97 Å². The van der Waals surface area contributed by atoms with E-state index in [1.54, 1.807) is 12.4 Å². The highest BCUT2D eigenvalue weighted by Crippen LogP contribution is 2.37. The number of aliphatic hydroxyl groups excluding tert-OH is 1. The van der Waals surface area contributed by atoms with Crippen molar-refractivity contribution in [3.8, 4) is 0 Å². The van der Waals surface area contributed by atoms with Gasteiger partial charge in [0.1, 0.15) is 16.5 Å². The van der Waals surface area contributed by atoms with Crippen molar-refractivity contribution in [2.75, 3.05) is 0 Å². The molecule has 2 rings (SSSR count). The molecule has 26 heavy (non-hydrogen) atoms. The molecule has 5 nitrogen and oxygen atoms in total. The third-order valence-electron chi connectivity index (χ3n) is 3.68. The monoisotopic (exact) mass is 385 g/mol. The third-order valence-corrected chi connectivity index (χ3v) is 4.67. The highest BCUT2D eigenvalue weighted by atomic mass is 32.1. The van der Waals surface area contributed by atoms with Crippen LogP contribution >= 0.6 is 11.3 Å². The van der Waals surface area contributed by atoms with Gasteiger partial charge in [0.2, 0.25) is 0 Å².